The second-order valence-electron chi connectivity index (χ2n) is 3.99. The van der Waals surface area contributed by atoms with Crippen molar-refractivity contribution in [3.05, 3.63) is 0 Å². The first-order valence-electron chi connectivity index (χ1n) is 5.55. The molecular weight excluding hydrogens is 284 g/mol. The molecule has 10 heteroatoms. The summed E-state index contributed by atoms with van der Waals surface area (Å²) in [4.78, 5) is 37.5. The van der Waals surface area contributed by atoms with Crippen LogP contribution >= 0.6 is 15.2 Å². The van der Waals surface area contributed by atoms with Crippen LogP contribution in [0.5, 0.6) is 0 Å². The third-order valence-electron chi connectivity index (χ3n) is 2.81. The summed E-state index contributed by atoms with van der Waals surface area (Å²) in [6, 6.07) is 0. The van der Waals surface area contributed by atoms with E-state index < -0.39 is 26.7 Å². The molecule has 0 saturated heterocycles. The molecule has 0 aliphatic rings. The summed E-state index contributed by atoms with van der Waals surface area (Å²) in [5, 5.41) is 6.31. The second-order valence-corrected chi connectivity index (χ2v) is 8.00. The Hall–Kier alpha value is 0.220. The predicted octanol–water partition coefficient (Wildman–Crippen LogP) is 0.110. The van der Waals surface area contributed by atoms with Crippen LogP contribution < -0.4 is 0 Å². The van der Waals surface area contributed by atoms with Crippen molar-refractivity contribution in [1.82, 2.24) is 4.90 Å². The van der Waals surface area contributed by atoms with Crippen molar-refractivity contribution in [3.63, 3.8) is 0 Å². The van der Waals surface area contributed by atoms with Crippen LogP contribution in [-0.4, -0.2) is 54.3 Å². The Labute approximate surface area is 106 Å². The van der Waals surface area contributed by atoms with Gasteiger partial charge < -0.3 is 29.6 Å². The van der Waals surface area contributed by atoms with Crippen LogP contribution in [0.4, 0.5) is 0 Å². The minimum absolute atomic E-state index is 0.0778. The summed E-state index contributed by atoms with van der Waals surface area (Å²) in [5.41, 5.74) is 0. The van der Waals surface area contributed by atoms with Gasteiger partial charge in [0.2, 0.25) is 0 Å². The van der Waals surface area contributed by atoms with Crippen LogP contribution in [0.25, 0.3) is 0 Å². The predicted molar refractivity (Wildman–Crippen MR) is 66.1 cm³/mol. The van der Waals surface area contributed by atoms with Gasteiger partial charge in [0, 0.05) is 6.42 Å². The molecule has 0 bridgehead atoms. The molecule has 18 heavy (non-hydrogen) atoms. The Morgan fingerprint density at radius 2 is 1.39 bits per heavy atom. The fourth-order valence-electron chi connectivity index (χ4n) is 1.54. The summed E-state index contributed by atoms with van der Waals surface area (Å²) < 4.78 is 22.1. The van der Waals surface area contributed by atoms with Crippen LogP contribution in [0.1, 0.15) is 26.7 Å². The Morgan fingerprint density at radius 3 is 1.67 bits per heavy atom. The second kappa shape index (κ2) is 6.59. The summed E-state index contributed by atoms with van der Waals surface area (Å²) in [6.45, 7) is 5.60. The molecule has 0 atom stereocenters. The highest BCUT2D eigenvalue weighted by Crippen LogP contribution is 2.69. The van der Waals surface area contributed by atoms with Gasteiger partial charge in [-0.3, -0.25) is 9.13 Å². The summed E-state index contributed by atoms with van der Waals surface area (Å²) in [5.74, 6) is 0. The van der Waals surface area contributed by atoms with E-state index in [4.69, 9.17) is 19.6 Å². The lowest BCUT2D eigenvalue weighted by Gasteiger charge is -2.30. The van der Waals surface area contributed by atoms with E-state index in [0.717, 1.165) is 0 Å². The molecule has 0 saturated carbocycles. The average Bonchev–Trinajstić information content (AvgIpc) is 2.20. The number of hydrogen-bond acceptors (Lipinski definition) is 4. The Bertz CT molecular complexity index is 323. The van der Waals surface area contributed by atoms with Crippen LogP contribution in [-0.2, 0) is 9.13 Å². The number of hydrogen-bond donors (Lipinski definition) is 5. The van der Waals surface area contributed by atoms with Gasteiger partial charge in [0.05, 0.1) is 0 Å². The number of aliphatic hydroxyl groups is 1. The van der Waals surface area contributed by atoms with Crippen molar-refractivity contribution in [2.24, 2.45) is 0 Å². The zero-order chi connectivity index (χ0) is 14.6. The standard InChI is InChI=1S/C8H21NO7P2/c1-3-9(4-2)7-5-6-8(10,17(11,12)13)18(14,15)16/h10H,3-7H2,1-2H3,(H2,11,12,13)(H2,14,15,16). The average molecular weight is 305 g/mol. The van der Waals surface area contributed by atoms with Gasteiger partial charge in [-0.15, -0.1) is 0 Å². The van der Waals surface area contributed by atoms with E-state index in [-0.39, 0.29) is 6.42 Å². The van der Waals surface area contributed by atoms with Gasteiger partial charge >= 0.3 is 15.2 Å². The third kappa shape index (κ3) is 4.40. The molecule has 0 radical (unpaired) electrons. The maximum absolute atomic E-state index is 11.1. The minimum Gasteiger partial charge on any atom is -0.368 e. The van der Waals surface area contributed by atoms with Gasteiger partial charge in [-0.1, -0.05) is 13.8 Å². The molecule has 8 nitrogen and oxygen atoms in total. The quantitative estimate of drug-likeness (QED) is 0.398. The molecule has 0 aliphatic carbocycles. The van der Waals surface area contributed by atoms with Crippen LogP contribution in [0, 0.1) is 0 Å². The van der Waals surface area contributed by atoms with E-state index in [1.165, 1.54) is 0 Å². The molecule has 0 spiro atoms. The van der Waals surface area contributed by atoms with E-state index in [1.807, 2.05) is 18.7 Å². The largest absolute Gasteiger partial charge is 0.369 e. The van der Waals surface area contributed by atoms with Gasteiger partial charge in [0.1, 0.15) is 0 Å². The van der Waals surface area contributed by atoms with Crippen molar-refractivity contribution >= 4 is 15.2 Å². The smallest absolute Gasteiger partial charge is 0.368 e. The lowest BCUT2D eigenvalue weighted by molar-refractivity contribution is 0.117. The van der Waals surface area contributed by atoms with E-state index in [1.54, 1.807) is 0 Å². The Morgan fingerprint density at radius 1 is 1.00 bits per heavy atom. The molecule has 0 heterocycles. The van der Waals surface area contributed by atoms with Crippen LogP contribution in [0.3, 0.4) is 0 Å². The Kier molecular flexibility index (Phi) is 6.67. The normalized spacial score (nSPS) is 14.2. The summed E-state index contributed by atoms with van der Waals surface area (Å²) >= 11 is 0. The highest BCUT2D eigenvalue weighted by molar-refractivity contribution is 7.72. The van der Waals surface area contributed by atoms with Gasteiger partial charge in [-0.25, -0.2) is 0 Å². The highest BCUT2D eigenvalue weighted by atomic mass is 31.2. The lowest BCUT2D eigenvalue weighted by atomic mass is 10.3. The van der Waals surface area contributed by atoms with E-state index in [9.17, 15) is 14.2 Å². The summed E-state index contributed by atoms with van der Waals surface area (Å²) in [6.07, 6.45) is -0.577. The van der Waals surface area contributed by atoms with Gasteiger partial charge in [0.15, 0.2) is 0 Å². The number of rotatable bonds is 8. The van der Waals surface area contributed by atoms with E-state index >= 15 is 0 Å². The van der Waals surface area contributed by atoms with Crippen molar-refractivity contribution in [1.29, 1.82) is 0 Å². The third-order valence-corrected chi connectivity index (χ3v) is 6.69. The first-order valence-corrected chi connectivity index (χ1v) is 8.78. The first-order chi connectivity index (χ1) is 7.99. The van der Waals surface area contributed by atoms with Gasteiger partial charge in [-0.05, 0) is 26.1 Å². The molecule has 0 aromatic rings. The van der Waals surface area contributed by atoms with Gasteiger partial charge in [-0.2, -0.15) is 0 Å². The van der Waals surface area contributed by atoms with Crippen molar-refractivity contribution < 1.29 is 33.8 Å². The molecule has 0 aliphatic heterocycles. The zero-order valence-corrected chi connectivity index (χ0v) is 12.2. The molecule has 0 unspecified atom stereocenters. The van der Waals surface area contributed by atoms with Gasteiger partial charge in [0.25, 0.3) is 5.08 Å². The SMILES string of the molecule is CCN(CC)CCCC(O)(P(=O)(O)O)P(=O)(O)O. The maximum Gasteiger partial charge on any atom is 0.369 e. The van der Waals surface area contributed by atoms with E-state index in [2.05, 4.69) is 0 Å². The van der Waals surface area contributed by atoms with Crippen molar-refractivity contribution in [2.45, 2.75) is 31.8 Å². The maximum atomic E-state index is 11.1. The minimum atomic E-state index is -5.31. The monoisotopic (exact) mass is 305 g/mol. The van der Waals surface area contributed by atoms with Crippen molar-refractivity contribution in [2.75, 3.05) is 19.6 Å². The van der Waals surface area contributed by atoms with E-state index in [0.29, 0.717) is 19.6 Å². The topological polar surface area (TPSA) is 139 Å². The molecule has 0 aromatic carbocycles. The molecule has 5 N–H and O–H groups in total. The highest BCUT2D eigenvalue weighted by Gasteiger charge is 2.58. The molecule has 0 aromatic heterocycles. The molecule has 110 valence electrons. The number of nitrogens with zero attached hydrogens (tertiary/aromatic N) is 1. The molecule has 0 rings (SSSR count). The van der Waals surface area contributed by atoms with Crippen molar-refractivity contribution in [3.8, 4) is 0 Å². The first kappa shape index (κ1) is 18.2. The molecular formula is C8H21NO7P2. The fraction of sp³-hybridized carbons (Fsp3) is 1.00. The zero-order valence-electron chi connectivity index (χ0n) is 10.4. The lowest BCUT2D eigenvalue weighted by Crippen LogP contribution is -2.31. The fourth-order valence-corrected chi connectivity index (χ4v) is 3.80. The Balaban J connectivity index is 4.77. The molecule has 0 amide bonds. The summed E-state index contributed by atoms with van der Waals surface area (Å²) in [7, 11) is -10.6. The molecule has 0 fully saturated rings. The van der Waals surface area contributed by atoms with Crippen LogP contribution in [0.2, 0.25) is 0 Å². The van der Waals surface area contributed by atoms with Crippen LogP contribution in [0.15, 0.2) is 0 Å².